The highest BCUT2D eigenvalue weighted by Gasteiger charge is 1.97. The molecule has 0 N–H and O–H groups in total. The van der Waals surface area contributed by atoms with Gasteiger partial charge in [0.2, 0.25) is 0 Å². The zero-order chi connectivity index (χ0) is 7.84. The van der Waals surface area contributed by atoms with Gasteiger partial charge in [0.05, 0.1) is 11.6 Å². The summed E-state index contributed by atoms with van der Waals surface area (Å²) in [6.45, 7) is 0. The summed E-state index contributed by atoms with van der Waals surface area (Å²) in [5.74, 6) is 0. The van der Waals surface area contributed by atoms with Crippen LogP contribution in [0.25, 0.3) is 11.0 Å². The second-order valence-electron chi connectivity index (χ2n) is 2.43. The molecule has 0 atom stereocenters. The van der Waals surface area contributed by atoms with Gasteiger partial charge < -0.3 is 8.98 Å². The highest BCUT2D eigenvalue weighted by molar-refractivity contribution is 7.71. The Bertz CT molecular complexity index is 441. The van der Waals surface area contributed by atoms with Crippen molar-refractivity contribution >= 4 is 23.2 Å². The molecular formula is C8H7NOS. The van der Waals surface area contributed by atoms with Gasteiger partial charge in [-0.3, -0.25) is 0 Å². The Balaban J connectivity index is 3.05. The Hall–Kier alpha value is -1.09. The second-order valence-corrected chi connectivity index (χ2v) is 2.82. The number of fused-ring (bicyclic) bond motifs is 1. The summed E-state index contributed by atoms with van der Waals surface area (Å²) in [5.41, 5.74) is 0.855. The third-order valence-corrected chi connectivity index (χ3v) is 2.20. The minimum atomic E-state index is 0.816. The molecule has 0 unspecified atom stereocenters. The molecule has 0 aliphatic heterocycles. The van der Waals surface area contributed by atoms with Crippen LogP contribution in [0.15, 0.2) is 29.0 Å². The number of hydrogen-bond acceptors (Lipinski definition) is 2. The van der Waals surface area contributed by atoms with Crippen molar-refractivity contribution in [1.29, 1.82) is 0 Å². The number of pyridine rings is 1. The molecule has 2 rings (SSSR count). The zero-order valence-electron chi connectivity index (χ0n) is 6.07. The van der Waals surface area contributed by atoms with Crippen LogP contribution >= 0.6 is 12.2 Å². The lowest BCUT2D eigenvalue weighted by Gasteiger charge is -1.96. The van der Waals surface area contributed by atoms with Crippen LogP contribution in [0.3, 0.4) is 0 Å². The van der Waals surface area contributed by atoms with Crippen molar-refractivity contribution in [2.24, 2.45) is 7.05 Å². The summed E-state index contributed by atoms with van der Waals surface area (Å²) in [7, 11) is 1.93. The molecule has 0 saturated carbocycles. The smallest absolute Gasteiger partial charge is 0.138 e. The highest BCUT2D eigenvalue weighted by atomic mass is 32.1. The number of nitrogens with zero attached hydrogens (tertiary/aromatic N) is 1. The first-order valence-corrected chi connectivity index (χ1v) is 3.73. The molecule has 0 fully saturated rings. The topological polar surface area (TPSA) is 18.1 Å². The molecular weight excluding hydrogens is 158 g/mol. The van der Waals surface area contributed by atoms with E-state index in [1.807, 2.05) is 29.9 Å². The van der Waals surface area contributed by atoms with E-state index in [9.17, 15) is 0 Å². The van der Waals surface area contributed by atoms with Crippen molar-refractivity contribution in [3.63, 3.8) is 0 Å². The van der Waals surface area contributed by atoms with Crippen molar-refractivity contribution in [3.05, 3.63) is 29.2 Å². The maximum atomic E-state index is 5.17. The van der Waals surface area contributed by atoms with Gasteiger partial charge in [-0.15, -0.1) is 0 Å². The minimum absolute atomic E-state index is 0.816. The molecule has 0 aliphatic carbocycles. The first-order valence-electron chi connectivity index (χ1n) is 3.32. The Morgan fingerprint density at radius 1 is 1.45 bits per heavy atom. The van der Waals surface area contributed by atoms with Crippen LogP contribution in [0.2, 0.25) is 0 Å². The van der Waals surface area contributed by atoms with E-state index in [1.165, 1.54) is 0 Å². The molecule has 0 amide bonds. The van der Waals surface area contributed by atoms with Crippen LogP contribution < -0.4 is 0 Å². The van der Waals surface area contributed by atoms with E-state index in [0.29, 0.717) is 0 Å². The molecule has 2 aromatic rings. The quantitative estimate of drug-likeness (QED) is 0.558. The molecule has 0 aliphatic rings. The summed E-state index contributed by atoms with van der Waals surface area (Å²) in [6.07, 6.45) is 3.55. The van der Waals surface area contributed by atoms with Crippen molar-refractivity contribution in [2.75, 3.05) is 0 Å². The fourth-order valence-corrected chi connectivity index (χ4v) is 1.29. The Kier molecular flexibility index (Phi) is 1.32. The Morgan fingerprint density at radius 2 is 2.27 bits per heavy atom. The van der Waals surface area contributed by atoms with Gasteiger partial charge in [-0.1, -0.05) is 12.2 Å². The van der Waals surface area contributed by atoms with Crippen molar-refractivity contribution in [3.8, 4) is 0 Å². The van der Waals surface area contributed by atoms with Gasteiger partial charge in [-0.05, 0) is 12.1 Å². The van der Waals surface area contributed by atoms with E-state index >= 15 is 0 Å². The largest absolute Gasteiger partial charge is 0.464 e. The second kappa shape index (κ2) is 2.20. The zero-order valence-corrected chi connectivity index (χ0v) is 6.89. The Morgan fingerprint density at radius 3 is 3.09 bits per heavy atom. The molecule has 2 heterocycles. The van der Waals surface area contributed by atoms with Crippen molar-refractivity contribution in [1.82, 2.24) is 4.57 Å². The molecule has 3 heteroatoms. The van der Waals surface area contributed by atoms with Crippen LogP contribution in [-0.2, 0) is 7.05 Å². The van der Waals surface area contributed by atoms with Gasteiger partial charge in [0, 0.05) is 13.2 Å². The van der Waals surface area contributed by atoms with Crippen molar-refractivity contribution in [2.45, 2.75) is 0 Å². The molecule has 0 bridgehead atoms. The molecule has 0 radical (unpaired) electrons. The number of hydrogen-bond donors (Lipinski definition) is 0. The molecule has 0 aromatic carbocycles. The van der Waals surface area contributed by atoms with E-state index in [-0.39, 0.29) is 0 Å². The van der Waals surface area contributed by atoms with Gasteiger partial charge in [0.15, 0.2) is 0 Å². The number of furan rings is 1. The Labute approximate surface area is 69.1 Å². The van der Waals surface area contributed by atoms with Crippen LogP contribution in [0.5, 0.6) is 0 Å². The number of rotatable bonds is 0. The first-order chi connectivity index (χ1) is 5.29. The summed E-state index contributed by atoms with van der Waals surface area (Å²) in [6, 6.07) is 3.79. The normalized spacial score (nSPS) is 10.6. The fraction of sp³-hybridized carbons (Fsp3) is 0.125. The van der Waals surface area contributed by atoms with Crippen LogP contribution in [-0.4, -0.2) is 4.57 Å². The first kappa shape index (κ1) is 6.61. The van der Waals surface area contributed by atoms with E-state index in [2.05, 4.69) is 0 Å². The number of aryl methyl sites for hydroxylation is 1. The maximum Gasteiger partial charge on any atom is 0.138 e. The molecule has 56 valence electrons. The highest BCUT2D eigenvalue weighted by Crippen LogP contribution is 2.15. The predicted octanol–water partition coefficient (Wildman–Crippen LogP) is 2.50. The lowest BCUT2D eigenvalue weighted by molar-refractivity contribution is 0.614. The number of aromatic nitrogens is 1. The van der Waals surface area contributed by atoms with Gasteiger partial charge >= 0.3 is 0 Å². The monoisotopic (exact) mass is 165 g/mol. The van der Waals surface area contributed by atoms with E-state index in [0.717, 1.165) is 15.6 Å². The molecule has 2 nitrogen and oxygen atoms in total. The SMILES string of the molecule is Cn1ccc2occc2c1=S. The van der Waals surface area contributed by atoms with Gasteiger partial charge in [0.1, 0.15) is 10.2 Å². The minimum Gasteiger partial charge on any atom is -0.464 e. The molecule has 0 saturated heterocycles. The van der Waals surface area contributed by atoms with Gasteiger partial charge in [-0.25, -0.2) is 0 Å². The fourth-order valence-electron chi connectivity index (χ4n) is 1.06. The van der Waals surface area contributed by atoms with Gasteiger partial charge in [-0.2, -0.15) is 0 Å². The van der Waals surface area contributed by atoms with Crippen LogP contribution in [0, 0.1) is 4.64 Å². The maximum absolute atomic E-state index is 5.17. The molecule has 11 heavy (non-hydrogen) atoms. The average Bonchev–Trinajstić information content (AvgIpc) is 2.45. The lowest BCUT2D eigenvalue weighted by atomic mass is 10.3. The summed E-state index contributed by atoms with van der Waals surface area (Å²) < 4.78 is 7.89. The van der Waals surface area contributed by atoms with Crippen LogP contribution in [0.4, 0.5) is 0 Å². The van der Waals surface area contributed by atoms with Gasteiger partial charge in [0.25, 0.3) is 0 Å². The summed E-state index contributed by atoms with van der Waals surface area (Å²) in [5, 5.41) is 1.00. The summed E-state index contributed by atoms with van der Waals surface area (Å²) >= 11 is 5.15. The average molecular weight is 165 g/mol. The molecule has 2 aromatic heterocycles. The van der Waals surface area contributed by atoms with Crippen molar-refractivity contribution < 1.29 is 4.42 Å². The third-order valence-electron chi connectivity index (χ3n) is 1.70. The predicted molar refractivity (Wildman–Crippen MR) is 46.0 cm³/mol. The van der Waals surface area contributed by atoms with Crippen LogP contribution in [0.1, 0.15) is 0 Å². The third kappa shape index (κ3) is 0.886. The van der Waals surface area contributed by atoms with E-state index in [4.69, 9.17) is 16.6 Å². The summed E-state index contributed by atoms with van der Waals surface area (Å²) in [4.78, 5) is 0. The molecule has 0 spiro atoms. The van der Waals surface area contributed by atoms with E-state index in [1.54, 1.807) is 6.26 Å². The standard InChI is InChI=1S/C8H7NOS/c1-9-4-2-7-6(8(9)11)3-5-10-7/h2-5H,1H3. The lowest BCUT2D eigenvalue weighted by Crippen LogP contribution is -1.89. The van der Waals surface area contributed by atoms with E-state index < -0.39 is 0 Å².